The lowest BCUT2D eigenvalue weighted by atomic mass is 10.2. The molecule has 100 valence electrons. The van der Waals surface area contributed by atoms with E-state index in [4.69, 9.17) is 15.0 Å². The van der Waals surface area contributed by atoms with E-state index in [1.54, 1.807) is 43.8 Å². The van der Waals surface area contributed by atoms with E-state index in [1.807, 2.05) is 0 Å². The van der Waals surface area contributed by atoms with Gasteiger partial charge in [0.15, 0.2) is 0 Å². The fourth-order valence-corrected chi connectivity index (χ4v) is 1.71. The molecule has 0 aliphatic heterocycles. The minimum absolute atomic E-state index is 0.329. The van der Waals surface area contributed by atoms with Gasteiger partial charge in [0, 0.05) is 18.0 Å². The van der Waals surface area contributed by atoms with Gasteiger partial charge in [0.05, 0.1) is 12.8 Å². The van der Waals surface area contributed by atoms with Crippen molar-refractivity contribution in [3.63, 3.8) is 0 Å². The molecule has 2 aromatic heterocycles. The maximum Gasteiger partial charge on any atom is 0.258 e. The summed E-state index contributed by atoms with van der Waals surface area (Å²) in [6, 6.07) is 6.96. The van der Waals surface area contributed by atoms with Crippen molar-refractivity contribution in [2.75, 3.05) is 12.8 Å². The first kappa shape index (κ1) is 12.1. The van der Waals surface area contributed by atoms with Crippen molar-refractivity contribution in [2.24, 2.45) is 0 Å². The second-order valence-corrected chi connectivity index (χ2v) is 3.95. The number of anilines is 1. The van der Waals surface area contributed by atoms with Gasteiger partial charge in [-0.1, -0.05) is 5.16 Å². The number of methoxy groups -OCH3 is 1. The highest BCUT2D eigenvalue weighted by Gasteiger charge is 2.13. The zero-order valence-corrected chi connectivity index (χ0v) is 10.6. The second kappa shape index (κ2) is 4.96. The average Bonchev–Trinajstić information content (AvgIpc) is 2.98. The number of rotatable bonds is 3. The molecule has 0 atom stereocenters. The van der Waals surface area contributed by atoms with Crippen LogP contribution in [0.5, 0.6) is 5.75 Å². The zero-order chi connectivity index (χ0) is 13.9. The first-order valence-corrected chi connectivity index (χ1v) is 5.83. The van der Waals surface area contributed by atoms with Crippen LogP contribution in [0.3, 0.4) is 0 Å². The average molecular weight is 269 g/mol. The van der Waals surface area contributed by atoms with Gasteiger partial charge in [-0.2, -0.15) is 4.98 Å². The second-order valence-electron chi connectivity index (χ2n) is 3.95. The van der Waals surface area contributed by atoms with E-state index in [9.17, 15) is 0 Å². The predicted molar refractivity (Wildman–Crippen MR) is 71.7 cm³/mol. The fraction of sp³-hybridized carbons (Fsp3) is 0.0769. The van der Waals surface area contributed by atoms with Crippen molar-refractivity contribution in [1.82, 2.24) is 20.1 Å². The van der Waals surface area contributed by atoms with Gasteiger partial charge in [-0.3, -0.25) is 0 Å². The van der Waals surface area contributed by atoms with Crippen molar-refractivity contribution >= 4 is 5.69 Å². The summed E-state index contributed by atoms with van der Waals surface area (Å²) in [5.74, 6) is 1.68. The Morgan fingerprint density at radius 3 is 2.65 bits per heavy atom. The topological polar surface area (TPSA) is 100.0 Å². The van der Waals surface area contributed by atoms with Crippen molar-refractivity contribution in [3.8, 4) is 28.9 Å². The Labute approximate surface area is 114 Å². The Bertz CT molecular complexity index is 727. The quantitative estimate of drug-likeness (QED) is 0.723. The molecule has 0 bridgehead atoms. The van der Waals surface area contributed by atoms with Crippen LogP contribution in [-0.2, 0) is 0 Å². The van der Waals surface area contributed by atoms with Gasteiger partial charge in [0.1, 0.15) is 5.75 Å². The Kier molecular flexibility index (Phi) is 3.00. The summed E-state index contributed by atoms with van der Waals surface area (Å²) in [7, 11) is 1.56. The van der Waals surface area contributed by atoms with Gasteiger partial charge in [-0.05, 0) is 24.3 Å². The zero-order valence-electron chi connectivity index (χ0n) is 10.6. The molecule has 0 saturated heterocycles. The van der Waals surface area contributed by atoms with Crippen LogP contribution in [0.15, 0.2) is 41.2 Å². The van der Waals surface area contributed by atoms with Gasteiger partial charge < -0.3 is 15.0 Å². The van der Waals surface area contributed by atoms with E-state index in [0.717, 1.165) is 0 Å². The summed E-state index contributed by atoms with van der Waals surface area (Å²) in [6.07, 6.45) is 3.23. The van der Waals surface area contributed by atoms with Crippen LogP contribution in [-0.4, -0.2) is 27.2 Å². The molecule has 3 aromatic rings. The van der Waals surface area contributed by atoms with E-state index in [0.29, 0.717) is 34.5 Å². The molecule has 0 amide bonds. The number of benzene rings is 1. The standard InChI is InChI=1S/C13H11N5O2/c1-19-10-4-3-8(7-9(10)14)13-17-12(18-20-13)11-15-5-2-6-16-11/h2-7H,14H2,1H3. The third kappa shape index (κ3) is 2.16. The Morgan fingerprint density at radius 2 is 1.95 bits per heavy atom. The van der Waals surface area contributed by atoms with Gasteiger partial charge in [0.25, 0.3) is 5.89 Å². The largest absolute Gasteiger partial charge is 0.495 e. The maximum atomic E-state index is 5.85. The highest BCUT2D eigenvalue weighted by molar-refractivity contribution is 5.66. The molecule has 20 heavy (non-hydrogen) atoms. The van der Waals surface area contributed by atoms with Crippen molar-refractivity contribution < 1.29 is 9.26 Å². The molecule has 0 saturated carbocycles. The lowest BCUT2D eigenvalue weighted by molar-refractivity contribution is 0.416. The third-order valence-electron chi connectivity index (χ3n) is 2.67. The number of nitrogens with zero attached hydrogens (tertiary/aromatic N) is 4. The molecular weight excluding hydrogens is 258 g/mol. The SMILES string of the molecule is COc1ccc(-c2nc(-c3ncccn3)no2)cc1N. The molecule has 7 heteroatoms. The van der Waals surface area contributed by atoms with Crippen LogP contribution < -0.4 is 10.5 Å². The van der Waals surface area contributed by atoms with E-state index in [2.05, 4.69) is 20.1 Å². The highest BCUT2D eigenvalue weighted by Crippen LogP contribution is 2.28. The summed E-state index contributed by atoms with van der Waals surface area (Å²) in [4.78, 5) is 12.4. The summed E-state index contributed by atoms with van der Waals surface area (Å²) in [5.41, 5.74) is 7.05. The molecular formula is C13H11N5O2. The van der Waals surface area contributed by atoms with E-state index < -0.39 is 0 Å². The number of ether oxygens (including phenoxy) is 1. The molecule has 0 fully saturated rings. The van der Waals surface area contributed by atoms with Crippen LogP contribution in [0, 0.1) is 0 Å². The van der Waals surface area contributed by atoms with E-state index >= 15 is 0 Å². The normalized spacial score (nSPS) is 10.4. The van der Waals surface area contributed by atoms with E-state index in [1.165, 1.54) is 0 Å². The lowest BCUT2D eigenvalue weighted by Crippen LogP contribution is -1.92. The van der Waals surface area contributed by atoms with E-state index in [-0.39, 0.29) is 0 Å². The number of hydrogen-bond acceptors (Lipinski definition) is 7. The monoisotopic (exact) mass is 269 g/mol. The number of nitrogen functional groups attached to an aromatic ring is 1. The Morgan fingerprint density at radius 1 is 1.15 bits per heavy atom. The van der Waals surface area contributed by atoms with Crippen LogP contribution in [0.2, 0.25) is 0 Å². The van der Waals surface area contributed by atoms with Crippen LogP contribution in [0.25, 0.3) is 23.1 Å². The van der Waals surface area contributed by atoms with Gasteiger partial charge in [-0.15, -0.1) is 0 Å². The highest BCUT2D eigenvalue weighted by atomic mass is 16.5. The molecule has 0 aliphatic rings. The smallest absolute Gasteiger partial charge is 0.258 e. The molecule has 0 unspecified atom stereocenters. The van der Waals surface area contributed by atoms with Crippen molar-refractivity contribution in [1.29, 1.82) is 0 Å². The number of aromatic nitrogens is 4. The van der Waals surface area contributed by atoms with Crippen LogP contribution in [0.4, 0.5) is 5.69 Å². The predicted octanol–water partition coefficient (Wildman–Crippen LogP) is 1.78. The molecule has 0 spiro atoms. The molecule has 2 heterocycles. The molecule has 3 rings (SSSR count). The first-order valence-electron chi connectivity index (χ1n) is 5.83. The number of hydrogen-bond donors (Lipinski definition) is 1. The van der Waals surface area contributed by atoms with Crippen molar-refractivity contribution in [3.05, 3.63) is 36.7 Å². The Hall–Kier alpha value is -2.96. The molecule has 1 aromatic carbocycles. The van der Waals surface area contributed by atoms with Gasteiger partial charge in [0.2, 0.25) is 11.6 Å². The summed E-state index contributed by atoms with van der Waals surface area (Å²) in [5, 5.41) is 3.85. The molecule has 0 aliphatic carbocycles. The molecule has 2 N–H and O–H groups in total. The van der Waals surface area contributed by atoms with Gasteiger partial charge in [-0.25, -0.2) is 9.97 Å². The molecule has 0 radical (unpaired) electrons. The van der Waals surface area contributed by atoms with Crippen molar-refractivity contribution in [2.45, 2.75) is 0 Å². The maximum absolute atomic E-state index is 5.85. The lowest BCUT2D eigenvalue weighted by Gasteiger charge is -2.04. The summed E-state index contributed by atoms with van der Waals surface area (Å²) < 4.78 is 10.3. The first-order chi connectivity index (χ1) is 9.78. The molecule has 7 nitrogen and oxygen atoms in total. The third-order valence-corrected chi connectivity index (χ3v) is 2.67. The Balaban J connectivity index is 1.96. The minimum atomic E-state index is 0.329. The van der Waals surface area contributed by atoms with Gasteiger partial charge >= 0.3 is 0 Å². The fourth-order valence-electron chi connectivity index (χ4n) is 1.71. The van der Waals surface area contributed by atoms with Crippen LogP contribution >= 0.6 is 0 Å². The summed E-state index contributed by atoms with van der Waals surface area (Å²) >= 11 is 0. The summed E-state index contributed by atoms with van der Waals surface area (Å²) in [6.45, 7) is 0. The van der Waals surface area contributed by atoms with Crippen LogP contribution in [0.1, 0.15) is 0 Å². The number of nitrogens with two attached hydrogens (primary N) is 1. The minimum Gasteiger partial charge on any atom is -0.495 e.